The van der Waals surface area contributed by atoms with Gasteiger partial charge in [-0.2, -0.15) is 4.57 Å². The van der Waals surface area contributed by atoms with Gasteiger partial charge < -0.3 is 21.7 Å². The molecular formula is C21H26BrNO2. The Bertz CT molecular complexity index is 798. The molecule has 2 aliphatic rings. The van der Waals surface area contributed by atoms with E-state index < -0.39 is 0 Å². The van der Waals surface area contributed by atoms with Crippen LogP contribution in [0.15, 0.2) is 42.6 Å². The number of para-hydroxylation sites is 1. The number of esters is 1. The lowest BCUT2D eigenvalue weighted by atomic mass is 9.70. The summed E-state index contributed by atoms with van der Waals surface area (Å²) >= 11 is 0. The number of nitrogens with zero attached hydrogens (tertiary/aromatic N) is 1. The van der Waals surface area contributed by atoms with E-state index in [4.69, 9.17) is 4.74 Å². The molecule has 2 aliphatic carbocycles. The number of carbonyl (C=O) groups is 1. The fraction of sp³-hybridized carbons (Fsp3) is 0.524. The first-order chi connectivity index (χ1) is 11.4. The third kappa shape index (κ3) is 2.79. The maximum absolute atomic E-state index is 12.6. The van der Waals surface area contributed by atoms with Crippen LogP contribution >= 0.6 is 0 Å². The minimum Gasteiger partial charge on any atom is -1.00 e. The lowest BCUT2D eigenvalue weighted by molar-refractivity contribution is -0.660. The van der Waals surface area contributed by atoms with Crippen molar-refractivity contribution in [2.24, 2.45) is 16.7 Å². The third-order valence-corrected chi connectivity index (χ3v) is 7.08. The van der Waals surface area contributed by atoms with Gasteiger partial charge >= 0.3 is 5.97 Å². The molecule has 1 aromatic heterocycles. The summed E-state index contributed by atoms with van der Waals surface area (Å²) in [6, 6.07) is 12.2. The Morgan fingerprint density at radius 1 is 1.20 bits per heavy atom. The fourth-order valence-electron chi connectivity index (χ4n) is 5.00. The number of ether oxygens (including phenoxy) is 1. The van der Waals surface area contributed by atoms with Crippen LogP contribution in [0.25, 0.3) is 10.9 Å². The molecule has 4 heteroatoms. The molecule has 1 aromatic carbocycles. The van der Waals surface area contributed by atoms with Crippen molar-refractivity contribution < 1.29 is 31.1 Å². The molecule has 2 fully saturated rings. The first-order valence-electron chi connectivity index (χ1n) is 8.98. The van der Waals surface area contributed by atoms with Gasteiger partial charge in [-0.25, -0.2) is 4.79 Å². The summed E-state index contributed by atoms with van der Waals surface area (Å²) in [7, 11) is 0. The lowest BCUT2D eigenvalue weighted by Crippen LogP contribution is -3.00. The summed E-state index contributed by atoms with van der Waals surface area (Å²) in [5, 5.41) is 1.14. The van der Waals surface area contributed by atoms with Gasteiger partial charge in [-0.15, -0.1) is 0 Å². The second kappa shape index (κ2) is 6.39. The Morgan fingerprint density at radius 3 is 2.60 bits per heavy atom. The number of rotatable bonds is 3. The summed E-state index contributed by atoms with van der Waals surface area (Å²) in [6.07, 6.45) is 5.49. The van der Waals surface area contributed by atoms with Crippen LogP contribution in [0.2, 0.25) is 0 Å². The molecule has 0 amide bonds. The summed E-state index contributed by atoms with van der Waals surface area (Å²) in [4.78, 5) is 12.6. The van der Waals surface area contributed by atoms with Crippen molar-refractivity contribution in [1.29, 1.82) is 0 Å². The average Bonchev–Trinajstić information content (AvgIpc) is 2.88. The van der Waals surface area contributed by atoms with Crippen molar-refractivity contribution in [1.82, 2.24) is 0 Å². The van der Waals surface area contributed by atoms with Crippen LogP contribution in [0, 0.1) is 16.7 Å². The topological polar surface area (TPSA) is 30.2 Å². The normalized spacial score (nSPS) is 29.4. The smallest absolute Gasteiger partial charge is 0.372 e. The van der Waals surface area contributed by atoms with E-state index in [2.05, 4.69) is 32.9 Å². The summed E-state index contributed by atoms with van der Waals surface area (Å²) in [5.41, 5.74) is 1.46. The van der Waals surface area contributed by atoms with Gasteiger partial charge in [0.15, 0.2) is 6.20 Å². The molecule has 0 radical (unpaired) electrons. The molecule has 0 spiro atoms. The van der Waals surface area contributed by atoms with Gasteiger partial charge in [0, 0.05) is 22.9 Å². The predicted molar refractivity (Wildman–Crippen MR) is 93.3 cm³/mol. The second-order valence-corrected chi connectivity index (χ2v) is 8.28. The van der Waals surface area contributed by atoms with Crippen molar-refractivity contribution >= 4 is 16.9 Å². The molecular weight excluding hydrogens is 378 g/mol. The molecule has 3 unspecified atom stereocenters. The monoisotopic (exact) mass is 403 g/mol. The fourth-order valence-corrected chi connectivity index (χ4v) is 5.00. The van der Waals surface area contributed by atoms with E-state index in [0.717, 1.165) is 17.3 Å². The van der Waals surface area contributed by atoms with Crippen molar-refractivity contribution in [3.8, 4) is 0 Å². The van der Waals surface area contributed by atoms with Crippen LogP contribution in [0.5, 0.6) is 0 Å². The van der Waals surface area contributed by atoms with Gasteiger partial charge in [0.05, 0.1) is 0 Å². The van der Waals surface area contributed by atoms with Crippen molar-refractivity contribution in [2.45, 2.75) is 52.7 Å². The highest BCUT2D eigenvalue weighted by Crippen LogP contribution is 2.66. The van der Waals surface area contributed by atoms with Crippen LogP contribution < -0.4 is 21.5 Å². The Hall–Kier alpha value is -1.42. The number of fused-ring (bicyclic) bond motifs is 3. The zero-order valence-electron chi connectivity index (χ0n) is 15.2. The number of pyridine rings is 1. The summed E-state index contributed by atoms with van der Waals surface area (Å²) < 4.78 is 7.96. The van der Waals surface area contributed by atoms with Crippen molar-refractivity contribution in [3.63, 3.8) is 0 Å². The number of benzene rings is 1. The molecule has 3 nitrogen and oxygen atoms in total. The van der Waals surface area contributed by atoms with E-state index in [1.807, 2.05) is 35.0 Å². The molecule has 2 saturated carbocycles. The molecule has 2 bridgehead atoms. The highest BCUT2D eigenvalue weighted by atomic mass is 79.9. The van der Waals surface area contributed by atoms with Gasteiger partial charge in [-0.1, -0.05) is 32.9 Å². The van der Waals surface area contributed by atoms with E-state index in [-0.39, 0.29) is 46.4 Å². The number of hydrogen-bond donors (Lipinski definition) is 0. The van der Waals surface area contributed by atoms with Gasteiger partial charge in [0.1, 0.15) is 6.10 Å². The average molecular weight is 404 g/mol. The van der Waals surface area contributed by atoms with Crippen LogP contribution in [0.4, 0.5) is 0 Å². The third-order valence-electron chi connectivity index (χ3n) is 7.08. The predicted octanol–water partition coefficient (Wildman–Crippen LogP) is 0.889. The van der Waals surface area contributed by atoms with Gasteiger partial charge in [-0.3, -0.25) is 0 Å². The Balaban J connectivity index is 0.00000182. The van der Waals surface area contributed by atoms with Crippen LogP contribution in [-0.4, -0.2) is 12.1 Å². The highest BCUT2D eigenvalue weighted by Gasteiger charge is 2.62. The molecule has 3 atom stereocenters. The second-order valence-electron chi connectivity index (χ2n) is 8.28. The molecule has 2 aromatic rings. The largest absolute Gasteiger partial charge is 1.00 e. The van der Waals surface area contributed by atoms with Crippen LogP contribution in [0.1, 0.15) is 40.0 Å². The first kappa shape index (κ1) is 18.4. The number of aromatic nitrogens is 1. The van der Waals surface area contributed by atoms with E-state index in [1.54, 1.807) is 0 Å². The lowest BCUT2D eigenvalue weighted by Gasteiger charge is -2.38. The zero-order valence-corrected chi connectivity index (χ0v) is 16.8. The van der Waals surface area contributed by atoms with E-state index >= 15 is 0 Å². The zero-order chi connectivity index (χ0) is 16.9. The molecule has 1 heterocycles. The Labute approximate surface area is 160 Å². The molecule has 4 rings (SSSR count). The number of halogens is 1. The van der Waals surface area contributed by atoms with Crippen LogP contribution in [-0.2, 0) is 16.1 Å². The molecule has 0 N–H and O–H groups in total. The maximum Gasteiger partial charge on any atom is 0.372 e. The molecule has 0 aliphatic heterocycles. The Morgan fingerprint density at radius 2 is 1.92 bits per heavy atom. The van der Waals surface area contributed by atoms with Crippen LogP contribution in [0.3, 0.4) is 0 Å². The van der Waals surface area contributed by atoms with E-state index in [9.17, 15) is 4.79 Å². The van der Waals surface area contributed by atoms with Gasteiger partial charge in [0.2, 0.25) is 12.1 Å². The van der Waals surface area contributed by atoms with Gasteiger partial charge in [0.25, 0.3) is 0 Å². The van der Waals surface area contributed by atoms with Gasteiger partial charge in [-0.05, 0) is 42.7 Å². The Kier molecular flexibility index (Phi) is 4.69. The minimum absolute atomic E-state index is 0. The molecule has 0 saturated heterocycles. The number of carbonyl (C=O) groups excluding carboxylic acids is 1. The van der Waals surface area contributed by atoms with Crippen molar-refractivity contribution in [2.75, 3.05) is 0 Å². The SMILES string of the molecule is CC1(C)C2CCC1(C)C(OC(=O)C[n+]1cccc3ccccc31)C2.[Br-]. The molecule has 25 heavy (non-hydrogen) atoms. The number of hydrogen-bond acceptors (Lipinski definition) is 2. The van der Waals surface area contributed by atoms with Crippen molar-refractivity contribution in [3.05, 3.63) is 42.6 Å². The molecule has 134 valence electrons. The summed E-state index contributed by atoms with van der Waals surface area (Å²) in [6.45, 7) is 7.28. The summed E-state index contributed by atoms with van der Waals surface area (Å²) in [5.74, 6) is 0.566. The highest BCUT2D eigenvalue weighted by molar-refractivity contribution is 5.76. The standard InChI is InChI=1S/C21H26NO2.BrH/c1-20(2)16-10-11-21(20,3)18(13-16)24-19(23)14-22-12-6-8-15-7-4-5-9-17(15)22;/h4-9,12,16,18H,10-11,13-14H2,1-3H3;1H/q+1;/p-1. The minimum atomic E-state index is -0.120. The maximum atomic E-state index is 12.6. The quantitative estimate of drug-likeness (QED) is 0.562. The van der Waals surface area contributed by atoms with E-state index in [1.165, 1.54) is 12.8 Å². The van der Waals surface area contributed by atoms with E-state index in [0.29, 0.717) is 5.92 Å². The first-order valence-corrected chi connectivity index (χ1v) is 8.98.